The summed E-state index contributed by atoms with van der Waals surface area (Å²) >= 11 is 0. The molecule has 0 radical (unpaired) electrons. The monoisotopic (exact) mass is 219 g/mol. The van der Waals surface area contributed by atoms with Crippen molar-refractivity contribution >= 4 is 0 Å². The SMILES string of the molecule is CCNC(C)C(C)CCCc1ccccc1. The van der Waals surface area contributed by atoms with Gasteiger partial charge in [0.25, 0.3) is 0 Å². The third-order valence-electron chi connectivity index (χ3n) is 3.35. The van der Waals surface area contributed by atoms with E-state index in [2.05, 4.69) is 56.4 Å². The van der Waals surface area contributed by atoms with Crippen LogP contribution in [0.4, 0.5) is 0 Å². The first kappa shape index (κ1) is 13.2. The number of hydrogen-bond acceptors (Lipinski definition) is 1. The van der Waals surface area contributed by atoms with Crippen LogP contribution in [0, 0.1) is 5.92 Å². The normalized spacial score (nSPS) is 14.7. The van der Waals surface area contributed by atoms with Crippen LogP contribution in [0.2, 0.25) is 0 Å². The lowest BCUT2D eigenvalue weighted by Crippen LogP contribution is -2.31. The van der Waals surface area contributed by atoms with Gasteiger partial charge < -0.3 is 5.32 Å². The lowest BCUT2D eigenvalue weighted by molar-refractivity contribution is 0.378. The molecule has 1 nitrogen and oxygen atoms in total. The quantitative estimate of drug-likeness (QED) is 0.738. The topological polar surface area (TPSA) is 12.0 Å². The van der Waals surface area contributed by atoms with E-state index >= 15 is 0 Å². The molecular weight excluding hydrogens is 194 g/mol. The molecule has 1 rings (SSSR count). The maximum atomic E-state index is 3.49. The van der Waals surface area contributed by atoms with Gasteiger partial charge in [-0.2, -0.15) is 0 Å². The molecule has 0 heterocycles. The minimum absolute atomic E-state index is 0.640. The summed E-state index contributed by atoms with van der Waals surface area (Å²) < 4.78 is 0. The smallest absolute Gasteiger partial charge is 0.00642 e. The van der Waals surface area contributed by atoms with E-state index in [0.29, 0.717) is 6.04 Å². The van der Waals surface area contributed by atoms with Crippen LogP contribution in [0.5, 0.6) is 0 Å². The predicted molar refractivity (Wildman–Crippen MR) is 71.7 cm³/mol. The number of nitrogens with one attached hydrogen (secondary N) is 1. The lowest BCUT2D eigenvalue weighted by atomic mass is 9.95. The fourth-order valence-corrected chi connectivity index (χ4v) is 2.05. The molecule has 0 bridgehead atoms. The molecule has 0 saturated heterocycles. The van der Waals surface area contributed by atoms with Crippen LogP contribution in [-0.4, -0.2) is 12.6 Å². The molecule has 0 aliphatic carbocycles. The Morgan fingerprint density at radius 2 is 1.81 bits per heavy atom. The number of benzene rings is 1. The van der Waals surface area contributed by atoms with Crippen LogP contribution >= 0.6 is 0 Å². The van der Waals surface area contributed by atoms with Gasteiger partial charge in [-0.1, -0.05) is 44.2 Å². The zero-order valence-electron chi connectivity index (χ0n) is 10.9. The van der Waals surface area contributed by atoms with E-state index in [4.69, 9.17) is 0 Å². The average Bonchev–Trinajstić information content (AvgIpc) is 2.30. The fourth-order valence-electron chi connectivity index (χ4n) is 2.05. The van der Waals surface area contributed by atoms with Gasteiger partial charge in [0.05, 0.1) is 0 Å². The van der Waals surface area contributed by atoms with Gasteiger partial charge >= 0.3 is 0 Å². The van der Waals surface area contributed by atoms with Crippen LogP contribution in [-0.2, 0) is 6.42 Å². The Labute approximate surface area is 100 Å². The van der Waals surface area contributed by atoms with Crippen molar-refractivity contribution in [1.29, 1.82) is 0 Å². The Bertz CT molecular complexity index is 268. The molecule has 0 aliphatic heterocycles. The van der Waals surface area contributed by atoms with Crippen molar-refractivity contribution in [3.05, 3.63) is 35.9 Å². The molecule has 1 aromatic rings. The molecule has 2 unspecified atom stereocenters. The van der Waals surface area contributed by atoms with Gasteiger partial charge in [-0.3, -0.25) is 0 Å². The molecule has 16 heavy (non-hydrogen) atoms. The average molecular weight is 219 g/mol. The first-order valence-corrected chi connectivity index (χ1v) is 6.51. The molecule has 90 valence electrons. The summed E-state index contributed by atoms with van der Waals surface area (Å²) in [6.45, 7) is 7.88. The Morgan fingerprint density at radius 1 is 1.12 bits per heavy atom. The maximum absolute atomic E-state index is 3.49. The molecule has 1 heteroatoms. The van der Waals surface area contributed by atoms with Crippen LogP contribution in [0.3, 0.4) is 0 Å². The summed E-state index contributed by atoms with van der Waals surface area (Å²) in [6.07, 6.45) is 3.81. The number of hydrogen-bond donors (Lipinski definition) is 1. The van der Waals surface area contributed by atoms with Gasteiger partial charge in [0.2, 0.25) is 0 Å². The largest absolute Gasteiger partial charge is 0.314 e. The highest BCUT2D eigenvalue weighted by molar-refractivity contribution is 5.14. The molecule has 0 amide bonds. The van der Waals surface area contributed by atoms with Gasteiger partial charge in [-0.15, -0.1) is 0 Å². The second-order valence-electron chi connectivity index (χ2n) is 4.70. The minimum Gasteiger partial charge on any atom is -0.314 e. The van der Waals surface area contributed by atoms with Crippen molar-refractivity contribution < 1.29 is 0 Å². The highest BCUT2D eigenvalue weighted by Crippen LogP contribution is 2.13. The van der Waals surface area contributed by atoms with Crippen molar-refractivity contribution in [2.24, 2.45) is 5.92 Å². The van der Waals surface area contributed by atoms with Gasteiger partial charge in [0.15, 0.2) is 0 Å². The van der Waals surface area contributed by atoms with Crippen molar-refractivity contribution in [2.45, 2.75) is 46.1 Å². The molecule has 0 aliphatic rings. The predicted octanol–water partition coefficient (Wildman–Crippen LogP) is 3.64. The third kappa shape index (κ3) is 4.80. The van der Waals surface area contributed by atoms with E-state index in [0.717, 1.165) is 12.5 Å². The second kappa shape index (κ2) is 7.45. The van der Waals surface area contributed by atoms with Crippen LogP contribution in [0.15, 0.2) is 30.3 Å². The molecule has 0 spiro atoms. The molecule has 0 fully saturated rings. The fraction of sp³-hybridized carbons (Fsp3) is 0.600. The van der Waals surface area contributed by atoms with E-state index in [-0.39, 0.29) is 0 Å². The molecule has 2 atom stereocenters. The summed E-state index contributed by atoms with van der Waals surface area (Å²) in [5, 5.41) is 3.49. The van der Waals surface area contributed by atoms with Crippen LogP contribution < -0.4 is 5.32 Å². The highest BCUT2D eigenvalue weighted by Gasteiger charge is 2.09. The molecule has 1 aromatic carbocycles. The summed E-state index contributed by atoms with van der Waals surface area (Å²) in [6, 6.07) is 11.4. The van der Waals surface area contributed by atoms with Crippen molar-refractivity contribution in [3.8, 4) is 0 Å². The number of aryl methyl sites for hydroxylation is 1. The van der Waals surface area contributed by atoms with Gasteiger partial charge in [0.1, 0.15) is 0 Å². The maximum Gasteiger partial charge on any atom is 0.00642 e. The second-order valence-corrected chi connectivity index (χ2v) is 4.70. The van der Waals surface area contributed by atoms with Crippen LogP contribution in [0.1, 0.15) is 39.2 Å². The highest BCUT2D eigenvalue weighted by atomic mass is 14.9. The van der Waals surface area contributed by atoms with E-state index in [1.165, 1.54) is 24.8 Å². The molecule has 0 saturated carbocycles. The van der Waals surface area contributed by atoms with E-state index in [1.807, 2.05) is 0 Å². The van der Waals surface area contributed by atoms with E-state index < -0.39 is 0 Å². The number of rotatable bonds is 7. The Balaban J connectivity index is 2.20. The Morgan fingerprint density at radius 3 is 2.44 bits per heavy atom. The first-order valence-electron chi connectivity index (χ1n) is 6.51. The summed E-state index contributed by atoms with van der Waals surface area (Å²) in [4.78, 5) is 0. The van der Waals surface area contributed by atoms with E-state index in [9.17, 15) is 0 Å². The summed E-state index contributed by atoms with van der Waals surface area (Å²) in [5.41, 5.74) is 1.46. The molecule has 1 N–H and O–H groups in total. The minimum atomic E-state index is 0.640. The van der Waals surface area contributed by atoms with Gasteiger partial charge in [-0.25, -0.2) is 0 Å². The molecule has 0 aromatic heterocycles. The Hall–Kier alpha value is -0.820. The van der Waals surface area contributed by atoms with Crippen LogP contribution in [0.25, 0.3) is 0 Å². The van der Waals surface area contributed by atoms with Gasteiger partial charge in [-0.05, 0) is 44.2 Å². The zero-order chi connectivity index (χ0) is 11.8. The zero-order valence-corrected chi connectivity index (χ0v) is 10.9. The standard InChI is InChI=1S/C15H25N/c1-4-16-14(3)13(2)9-8-12-15-10-6-5-7-11-15/h5-7,10-11,13-14,16H,4,8-9,12H2,1-3H3. The van der Waals surface area contributed by atoms with Crippen molar-refractivity contribution in [1.82, 2.24) is 5.32 Å². The lowest BCUT2D eigenvalue weighted by Gasteiger charge is -2.20. The van der Waals surface area contributed by atoms with Crippen molar-refractivity contribution in [2.75, 3.05) is 6.54 Å². The first-order chi connectivity index (χ1) is 7.74. The van der Waals surface area contributed by atoms with E-state index in [1.54, 1.807) is 0 Å². The summed E-state index contributed by atoms with van der Waals surface area (Å²) in [5.74, 6) is 0.767. The van der Waals surface area contributed by atoms with Crippen molar-refractivity contribution in [3.63, 3.8) is 0 Å². The Kier molecular flexibility index (Phi) is 6.17. The van der Waals surface area contributed by atoms with Gasteiger partial charge in [0, 0.05) is 6.04 Å². The third-order valence-corrected chi connectivity index (χ3v) is 3.35. The molecular formula is C15H25N. The summed E-state index contributed by atoms with van der Waals surface area (Å²) in [7, 11) is 0.